The van der Waals surface area contributed by atoms with Crippen LogP contribution in [0, 0.1) is 6.92 Å². The van der Waals surface area contributed by atoms with Gasteiger partial charge in [-0.1, -0.05) is 0 Å². The lowest BCUT2D eigenvalue weighted by atomic mass is 10.0. The summed E-state index contributed by atoms with van der Waals surface area (Å²) in [4.78, 5) is 24.4. The zero-order valence-corrected chi connectivity index (χ0v) is 17.9. The maximum Gasteiger partial charge on any atom is 0.343 e. The molecule has 0 atom stereocenters. The number of fused-ring (bicyclic) bond motifs is 2. The van der Waals surface area contributed by atoms with Crippen LogP contribution in [0.5, 0.6) is 17.2 Å². The maximum atomic E-state index is 13.0. The van der Waals surface area contributed by atoms with E-state index in [0.717, 1.165) is 28.8 Å². The smallest absolute Gasteiger partial charge is 0.343 e. The number of allylic oxidation sites excluding steroid dienone is 1. The fourth-order valence-corrected chi connectivity index (χ4v) is 3.71. The molecule has 0 spiro atoms. The summed E-state index contributed by atoms with van der Waals surface area (Å²) in [6.45, 7) is 4.44. The molecule has 2 aromatic carbocycles. The number of hydrogen-bond donors (Lipinski definition) is 0. The Balaban J connectivity index is 1.70. The van der Waals surface area contributed by atoms with E-state index >= 15 is 0 Å². The topological polar surface area (TPSA) is 76.0 Å². The van der Waals surface area contributed by atoms with Crippen LogP contribution in [-0.4, -0.2) is 37.1 Å². The van der Waals surface area contributed by atoms with E-state index in [4.69, 9.17) is 14.2 Å². The molecule has 160 valence electrons. The van der Waals surface area contributed by atoms with Crippen molar-refractivity contribution >= 4 is 28.7 Å². The van der Waals surface area contributed by atoms with Gasteiger partial charge in [0.15, 0.2) is 12.4 Å². The SMILES string of the molecule is CCn1cc(/C=C2\Oc3cc(OCC(=O)OC)cc(C)c3C2=O)c2cc(OC)ccc21. The highest BCUT2D eigenvalue weighted by Gasteiger charge is 2.30. The summed E-state index contributed by atoms with van der Waals surface area (Å²) in [6, 6.07) is 9.19. The number of carbonyl (C=O) groups excluding carboxylic acids is 2. The number of nitrogens with zero attached hydrogens (tertiary/aromatic N) is 1. The highest BCUT2D eigenvalue weighted by Crippen LogP contribution is 2.38. The molecule has 0 saturated carbocycles. The number of aromatic nitrogens is 1. The molecule has 7 heteroatoms. The van der Waals surface area contributed by atoms with Crippen molar-refractivity contribution in [2.24, 2.45) is 0 Å². The van der Waals surface area contributed by atoms with Crippen molar-refractivity contribution < 1.29 is 28.5 Å². The number of hydrogen-bond acceptors (Lipinski definition) is 6. The van der Waals surface area contributed by atoms with Crippen molar-refractivity contribution in [1.82, 2.24) is 4.57 Å². The number of carbonyl (C=O) groups is 2. The molecule has 7 nitrogen and oxygen atoms in total. The Labute approximate surface area is 179 Å². The molecule has 2 heterocycles. The fraction of sp³-hybridized carbons (Fsp3) is 0.250. The predicted molar refractivity (Wildman–Crippen MR) is 116 cm³/mol. The van der Waals surface area contributed by atoms with Gasteiger partial charge >= 0.3 is 5.97 Å². The molecule has 31 heavy (non-hydrogen) atoms. The van der Waals surface area contributed by atoms with Crippen LogP contribution in [-0.2, 0) is 16.1 Å². The standard InChI is InChI=1S/C24H23NO6/c1-5-25-12-15(18-10-16(28-3)6-7-19(18)25)9-21-24(27)23-14(2)8-17(11-20(23)31-21)30-13-22(26)29-4/h6-12H,5,13H2,1-4H3/b21-9-. The zero-order valence-electron chi connectivity index (χ0n) is 17.9. The van der Waals surface area contributed by atoms with Gasteiger partial charge in [0.2, 0.25) is 5.78 Å². The Hall–Kier alpha value is -3.74. The minimum absolute atomic E-state index is 0.188. The molecule has 1 aliphatic rings. The van der Waals surface area contributed by atoms with Gasteiger partial charge in [0.1, 0.15) is 17.2 Å². The van der Waals surface area contributed by atoms with Crippen LogP contribution in [0.15, 0.2) is 42.3 Å². The molecule has 0 fully saturated rings. The van der Waals surface area contributed by atoms with E-state index < -0.39 is 5.97 Å². The summed E-state index contributed by atoms with van der Waals surface area (Å²) in [5.74, 6) is 1.15. The van der Waals surface area contributed by atoms with E-state index in [0.29, 0.717) is 22.6 Å². The highest BCUT2D eigenvalue weighted by molar-refractivity contribution is 6.16. The van der Waals surface area contributed by atoms with Crippen molar-refractivity contribution in [1.29, 1.82) is 0 Å². The Morgan fingerprint density at radius 3 is 2.68 bits per heavy atom. The Bertz CT molecular complexity index is 1220. The molecule has 4 rings (SSSR count). The summed E-state index contributed by atoms with van der Waals surface area (Å²) in [7, 11) is 2.92. The minimum atomic E-state index is -0.488. The first-order valence-electron chi connectivity index (χ1n) is 9.90. The largest absolute Gasteiger partial charge is 0.497 e. The fourth-order valence-electron chi connectivity index (χ4n) is 3.71. The van der Waals surface area contributed by atoms with Crippen LogP contribution >= 0.6 is 0 Å². The zero-order chi connectivity index (χ0) is 22.1. The molecule has 0 saturated heterocycles. The third-order valence-corrected chi connectivity index (χ3v) is 5.27. The molecule has 0 radical (unpaired) electrons. The number of aryl methyl sites for hydroxylation is 2. The third-order valence-electron chi connectivity index (χ3n) is 5.27. The molecule has 0 bridgehead atoms. The van der Waals surface area contributed by atoms with E-state index in [2.05, 4.69) is 16.2 Å². The number of ether oxygens (including phenoxy) is 4. The number of esters is 1. The summed E-state index contributed by atoms with van der Waals surface area (Å²) in [6.07, 6.45) is 3.75. The van der Waals surface area contributed by atoms with Gasteiger partial charge in [-0.3, -0.25) is 4.79 Å². The lowest BCUT2D eigenvalue weighted by Gasteiger charge is -2.08. The first-order valence-corrected chi connectivity index (χ1v) is 9.90. The average Bonchev–Trinajstić information content (AvgIpc) is 3.29. The van der Waals surface area contributed by atoms with E-state index in [-0.39, 0.29) is 18.1 Å². The van der Waals surface area contributed by atoms with Gasteiger partial charge in [0.25, 0.3) is 0 Å². The molecule has 0 unspecified atom stereocenters. The van der Waals surface area contributed by atoms with Crippen molar-refractivity contribution in [3.05, 3.63) is 59.0 Å². The number of Topliss-reactive ketones (excluding diaryl/α,β-unsaturated/α-hetero) is 1. The third kappa shape index (κ3) is 3.74. The van der Waals surface area contributed by atoms with Crippen LogP contribution in [0.3, 0.4) is 0 Å². The van der Waals surface area contributed by atoms with Crippen LogP contribution in [0.4, 0.5) is 0 Å². The van der Waals surface area contributed by atoms with E-state index in [9.17, 15) is 9.59 Å². The van der Waals surface area contributed by atoms with Crippen molar-refractivity contribution in [2.75, 3.05) is 20.8 Å². The summed E-state index contributed by atoms with van der Waals surface area (Å²) >= 11 is 0. The molecule has 0 aliphatic carbocycles. The normalized spacial score (nSPS) is 13.9. The number of rotatable bonds is 6. The molecule has 0 amide bonds. The lowest BCUT2D eigenvalue weighted by Crippen LogP contribution is -2.12. The van der Waals surface area contributed by atoms with Crippen LogP contribution in [0.1, 0.15) is 28.4 Å². The average molecular weight is 421 g/mol. The van der Waals surface area contributed by atoms with Gasteiger partial charge in [-0.25, -0.2) is 4.79 Å². The first-order chi connectivity index (χ1) is 14.9. The monoisotopic (exact) mass is 421 g/mol. The van der Waals surface area contributed by atoms with E-state index in [1.54, 1.807) is 25.3 Å². The van der Waals surface area contributed by atoms with Crippen molar-refractivity contribution in [3.8, 4) is 17.2 Å². The first kappa shape index (κ1) is 20.5. The van der Waals surface area contributed by atoms with E-state index in [1.165, 1.54) is 7.11 Å². The van der Waals surface area contributed by atoms with Crippen LogP contribution in [0.2, 0.25) is 0 Å². The van der Waals surface area contributed by atoms with Gasteiger partial charge < -0.3 is 23.5 Å². The van der Waals surface area contributed by atoms with Gasteiger partial charge in [-0.05, 0) is 49.8 Å². The van der Waals surface area contributed by atoms with Gasteiger partial charge in [-0.2, -0.15) is 0 Å². The number of ketones is 1. The minimum Gasteiger partial charge on any atom is -0.497 e. The molecular formula is C24H23NO6. The van der Waals surface area contributed by atoms with Crippen LogP contribution < -0.4 is 14.2 Å². The number of benzene rings is 2. The molecule has 1 aromatic heterocycles. The summed E-state index contributed by atoms with van der Waals surface area (Å²) in [5.41, 5.74) is 3.12. The van der Waals surface area contributed by atoms with Gasteiger partial charge in [0.05, 0.1) is 19.8 Å². The second-order valence-corrected chi connectivity index (χ2v) is 7.17. The van der Waals surface area contributed by atoms with Crippen molar-refractivity contribution in [2.45, 2.75) is 20.4 Å². The van der Waals surface area contributed by atoms with Crippen molar-refractivity contribution in [3.63, 3.8) is 0 Å². The Kier molecular flexibility index (Phi) is 5.42. The summed E-state index contributed by atoms with van der Waals surface area (Å²) < 4.78 is 23.4. The second-order valence-electron chi connectivity index (χ2n) is 7.17. The molecule has 0 N–H and O–H groups in total. The molecule has 1 aliphatic heterocycles. The second kappa shape index (κ2) is 8.18. The Morgan fingerprint density at radius 2 is 1.97 bits per heavy atom. The van der Waals surface area contributed by atoms with Crippen LogP contribution in [0.25, 0.3) is 17.0 Å². The summed E-state index contributed by atoms with van der Waals surface area (Å²) in [5, 5.41) is 0.972. The molecular weight excluding hydrogens is 398 g/mol. The lowest BCUT2D eigenvalue weighted by molar-refractivity contribution is -0.142. The molecule has 3 aromatic rings. The number of methoxy groups -OCH3 is 2. The Morgan fingerprint density at radius 1 is 1.16 bits per heavy atom. The van der Waals surface area contributed by atoms with Gasteiger partial charge in [-0.15, -0.1) is 0 Å². The highest BCUT2D eigenvalue weighted by atomic mass is 16.6. The van der Waals surface area contributed by atoms with Gasteiger partial charge in [0, 0.05) is 35.3 Å². The maximum absolute atomic E-state index is 13.0. The quantitative estimate of drug-likeness (QED) is 0.440. The predicted octanol–water partition coefficient (Wildman–Crippen LogP) is 4.15. The van der Waals surface area contributed by atoms with E-state index in [1.807, 2.05) is 31.3 Å².